The average Bonchev–Trinajstić information content (AvgIpc) is 2.12. The van der Waals surface area contributed by atoms with Gasteiger partial charge in [-0.25, -0.2) is 4.79 Å². The van der Waals surface area contributed by atoms with Crippen LogP contribution in [-0.2, 0) is 19.1 Å². The van der Waals surface area contributed by atoms with Crippen LogP contribution in [0.1, 0.15) is 13.3 Å². The fraction of sp³-hybridized carbons (Fsp3) is 0.667. The molecule has 1 heterocycles. The molecule has 0 aromatic rings. The number of carbonyl (C=O) groups excluding carboxylic acids is 2. The van der Waals surface area contributed by atoms with Crippen molar-refractivity contribution in [3.05, 3.63) is 0 Å². The van der Waals surface area contributed by atoms with Gasteiger partial charge in [-0.15, -0.1) is 0 Å². The molecule has 1 radical (unpaired) electrons. The van der Waals surface area contributed by atoms with E-state index in [1.165, 1.54) is 6.47 Å². The standard InChI is InChI=1S/C6H7O4/c1-6(10-4-7)2-5(8)9-3-6/h2-3H2,1H3. The Morgan fingerprint density at radius 3 is 2.90 bits per heavy atom. The third-order valence-corrected chi connectivity index (χ3v) is 1.34. The number of hydrogen-bond acceptors (Lipinski definition) is 4. The molecule has 1 aliphatic heterocycles. The summed E-state index contributed by atoms with van der Waals surface area (Å²) in [5.41, 5.74) is -0.779. The summed E-state index contributed by atoms with van der Waals surface area (Å²) in [6.45, 7) is 3.06. The number of cyclic esters (lactones) is 1. The van der Waals surface area contributed by atoms with E-state index in [9.17, 15) is 9.59 Å². The molecule has 0 N–H and O–H groups in total. The minimum absolute atomic E-state index is 0.127. The Morgan fingerprint density at radius 2 is 2.50 bits per heavy atom. The Labute approximate surface area is 58.1 Å². The lowest BCUT2D eigenvalue weighted by Crippen LogP contribution is -2.28. The zero-order chi connectivity index (χ0) is 7.61. The lowest BCUT2D eigenvalue weighted by atomic mass is 10.1. The zero-order valence-corrected chi connectivity index (χ0v) is 5.55. The summed E-state index contributed by atoms with van der Waals surface area (Å²) < 4.78 is 9.09. The van der Waals surface area contributed by atoms with Gasteiger partial charge in [-0.05, 0) is 6.92 Å². The van der Waals surface area contributed by atoms with Crippen LogP contribution in [0.4, 0.5) is 0 Å². The van der Waals surface area contributed by atoms with Gasteiger partial charge in [-0.2, -0.15) is 0 Å². The topological polar surface area (TPSA) is 52.6 Å². The number of carbonyl (C=O) groups is 1. The van der Waals surface area contributed by atoms with Crippen LogP contribution in [0.25, 0.3) is 0 Å². The van der Waals surface area contributed by atoms with Crippen molar-refractivity contribution >= 4 is 12.4 Å². The van der Waals surface area contributed by atoms with Crippen molar-refractivity contribution in [2.45, 2.75) is 18.9 Å². The van der Waals surface area contributed by atoms with Gasteiger partial charge >= 0.3 is 12.4 Å². The van der Waals surface area contributed by atoms with Crippen LogP contribution in [0.3, 0.4) is 0 Å². The molecule has 1 unspecified atom stereocenters. The van der Waals surface area contributed by atoms with Crippen LogP contribution in [0, 0.1) is 0 Å². The second-order valence-electron chi connectivity index (χ2n) is 2.47. The van der Waals surface area contributed by atoms with Crippen molar-refractivity contribution in [1.82, 2.24) is 0 Å². The number of rotatable bonds is 2. The van der Waals surface area contributed by atoms with Crippen molar-refractivity contribution in [3.8, 4) is 0 Å². The monoisotopic (exact) mass is 143 g/mol. The molecule has 0 aromatic carbocycles. The SMILES string of the molecule is CC1(O[C]=O)COC(=O)C1. The van der Waals surface area contributed by atoms with Gasteiger partial charge in [-0.3, -0.25) is 4.79 Å². The third kappa shape index (κ3) is 1.26. The van der Waals surface area contributed by atoms with E-state index in [0.717, 1.165) is 0 Å². The van der Waals surface area contributed by atoms with E-state index in [2.05, 4.69) is 9.47 Å². The molecule has 55 valence electrons. The van der Waals surface area contributed by atoms with Gasteiger partial charge in [0.2, 0.25) is 0 Å². The number of hydrogen-bond donors (Lipinski definition) is 0. The molecule has 1 atom stereocenters. The van der Waals surface area contributed by atoms with Gasteiger partial charge in [0.15, 0.2) is 5.60 Å². The first-order chi connectivity index (χ1) is 4.66. The fourth-order valence-electron chi connectivity index (χ4n) is 0.807. The molecule has 0 spiro atoms. The fourth-order valence-corrected chi connectivity index (χ4v) is 0.807. The highest BCUT2D eigenvalue weighted by molar-refractivity contribution is 5.73. The van der Waals surface area contributed by atoms with Crippen molar-refractivity contribution < 1.29 is 19.1 Å². The minimum Gasteiger partial charge on any atom is -0.461 e. The van der Waals surface area contributed by atoms with Gasteiger partial charge < -0.3 is 9.47 Å². The van der Waals surface area contributed by atoms with Gasteiger partial charge in [0.25, 0.3) is 0 Å². The molecule has 0 aromatic heterocycles. The molecule has 4 heteroatoms. The van der Waals surface area contributed by atoms with Gasteiger partial charge in [0.05, 0.1) is 6.42 Å². The maximum absolute atomic E-state index is 10.5. The summed E-state index contributed by atoms with van der Waals surface area (Å²) in [5, 5.41) is 0. The van der Waals surface area contributed by atoms with Crippen molar-refractivity contribution in [1.29, 1.82) is 0 Å². The van der Waals surface area contributed by atoms with Crippen molar-refractivity contribution in [2.75, 3.05) is 6.61 Å². The highest BCUT2D eigenvalue weighted by Gasteiger charge is 2.38. The van der Waals surface area contributed by atoms with Crippen LogP contribution < -0.4 is 0 Å². The molecule has 1 saturated heterocycles. The lowest BCUT2D eigenvalue weighted by molar-refractivity contribution is -0.137. The quantitative estimate of drug-likeness (QED) is 0.501. The summed E-state index contributed by atoms with van der Waals surface area (Å²) in [6, 6.07) is 0. The lowest BCUT2D eigenvalue weighted by Gasteiger charge is -2.15. The Morgan fingerprint density at radius 1 is 1.80 bits per heavy atom. The second-order valence-corrected chi connectivity index (χ2v) is 2.47. The zero-order valence-electron chi connectivity index (χ0n) is 5.55. The first kappa shape index (κ1) is 7.05. The Kier molecular flexibility index (Phi) is 1.61. The summed E-state index contributed by atoms with van der Waals surface area (Å²) in [7, 11) is 0. The van der Waals surface area contributed by atoms with E-state index in [1.807, 2.05) is 0 Å². The molecule has 1 fully saturated rings. The summed E-state index contributed by atoms with van der Waals surface area (Å²) in [5.74, 6) is -0.335. The molecule has 0 aliphatic carbocycles. The Balaban J connectivity index is 2.53. The van der Waals surface area contributed by atoms with Crippen LogP contribution in [0.15, 0.2) is 0 Å². The molecular weight excluding hydrogens is 136 g/mol. The molecule has 1 rings (SSSR count). The number of esters is 1. The summed E-state index contributed by atoms with van der Waals surface area (Å²) >= 11 is 0. The maximum Gasteiger partial charge on any atom is 0.418 e. The predicted octanol–water partition coefficient (Wildman–Crippen LogP) is -0.224. The van der Waals surface area contributed by atoms with E-state index >= 15 is 0 Å². The van der Waals surface area contributed by atoms with E-state index in [-0.39, 0.29) is 19.0 Å². The van der Waals surface area contributed by atoms with Crippen LogP contribution in [-0.4, -0.2) is 24.6 Å². The van der Waals surface area contributed by atoms with Crippen LogP contribution >= 0.6 is 0 Å². The Hall–Kier alpha value is -1.06. The molecular formula is C6H7O4. The smallest absolute Gasteiger partial charge is 0.418 e. The van der Waals surface area contributed by atoms with Crippen molar-refractivity contribution in [3.63, 3.8) is 0 Å². The first-order valence-electron chi connectivity index (χ1n) is 2.87. The Bertz CT molecular complexity index is 165. The molecule has 4 nitrogen and oxygen atoms in total. The number of ether oxygens (including phenoxy) is 2. The van der Waals surface area contributed by atoms with E-state index in [4.69, 9.17) is 0 Å². The van der Waals surface area contributed by atoms with E-state index < -0.39 is 5.60 Å². The van der Waals surface area contributed by atoms with Gasteiger partial charge in [0.1, 0.15) is 6.61 Å². The largest absolute Gasteiger partial charge is 0.461 e. The van der Waals surface area contributed by atoms with Crippen LogP contribution in [0.5, 0.6) is 0 Å². The highest BCUT2D eigenvalue weighted by atomic mass is 16.6. The average molecular weight is 143 g/mol. The van der Waals surface area contributed by atoms with Gasteiger partial charge in [0, 0.05) is 0 Å². The summed E-state index contributed by atoms with van der Waals surface area (Å²) in [6.07, 6.45) is 0.127. The predicted molar refractivity (Wildman–Crippen MR) is 30.8 cm³/mol. The second kappa shape index (κ2) is 2.28. The molecule has 10 heavy (non-hydrogen) atoms. The molecule has 0 saturated carbocycles. The molecule has 0 bridgehead atoms. The maximum atomic E-state index is 10.5. The van der Waals surface area contributed by atoms with Crippen LogP contribution in [0.2, 0.25) is 0 Å². The van der Waals surface area contributed by atoms with E-state index in [0.29, 0.717) is 0 Å². The molecule has 0 amide bonds. The van der Waals surface area contributed by atoms with Gasteiger partial charge in [-0.1, -0.05) is 0 Å². The normalized spacial score (nSPS) is 31.5. The van der Waals surface area contributed by atoms with E-state index in [1.54, 1.807) is 6.92 Å². The summed E-state index contributed by atoms with van der Waals surface area (Å²) in [4.78, 5) is 20.3. The van der Waals surface area contributed by atoms with Crippen molar-refractivity contribution in [2.24, 2.45) is 0 Å². The third-order valence-electron chi connectivity index (χ3n) is 1.34. The first-order valence-corrected chi connectivity index (χ1v) is 2.87. The molecule has 1 aliphatic rings. The minimum atomic E-state index is -0.779. The highest BCUT2D eigenvalue weighted by Crippen LogP contribution is 2.21.